The van der Waals surface area contributed by atoms with E-state index in [-0.39, 0.29) is 18.9 Å². The van der Waals surface area contributed by atoms with E-state index in [4.69, 9.17) is 22.3 Å². The van der Waals surface area contributed by atoms with Crippen LogP contribution >= 0.6 is 0 Å². The number of aliphatic carboxylic acids is 1. The molecule has 0 radical (unpaired) electrons. The number of guanidine groups is 1. The predicted octanol–water partition coefficient (Wildman–Crippen LogP) is -2.44. The number of rotatable bonds is 16. The maximum atomic E-state index is 12.4. The minimum absolute atomic E-state index is 0.0818. The van der Waals surface area contributed by atoms with Crippen LogP contribution in [0.5, 0.6) is 0 Å². The molecular formula is C19H34N8O6. The van der Waals surface area contributed by atoms with Crippen molar-refractivity contribution in [3.63, 3.8) is 0 Å². The van der Waals surface area contributed by atoms with Crippen LogP contribution in [-0.2, 0) is 19.2 Å². The molecule has 0 aromatic heterocycles. The Labute approximate surface area is 191 Å². The number of imide groups is 1. The number of carbonyl (C=O) groups excluding carboxylic acids is 4. The Morgan fingerprint density at radius 2 is 1.82 bits per heavy atom. The molecule has 1 aliphatic rings. The molecule has 0 aliphatic carbocycles. The summed E-state index contributed by atoms with van der Waals surface area (Å²) < 4.78 is 0. The Hall–Kier alpha value is -3.42. The first-order valence-corrected chi connectivity index (χ1v) is 10.8. The Morgan fingerprint density at radius 1 is 1.12 bits per heavy atom. The second kappa shape index (κ2) is 14.6. The number of nitrogens with one attached hydrogen (secondary N) is 3. The minimum atomic E-state index is -1.34. The molecule has 1 saturated heterocycles. The summed E-state index contributed by atoms with van der Waals surface area (Å²) in [5.74, 6) is -3.45. The highest BCUT2D eigenvalue weighted by atomic mass is 16.4. The molecule has 14 nitrogen and oxygen atoms in total. The highest BCUT2D eigenvalue weighted by Crippen LogP contribution is 2.11. The molecule has 33 heavy (non-hydrogen) atoms. The van der Waals surface area contributed by atoms with Crippen LogP contribution in [0.25, 0.3) is 0 Å². The predicted molar refractivity (Wildman–Crippen MR) is 119 cm³/mol. The molecule has 1 fully saturated rings. The van der Waals surface area contributed by atoms with Gasteiger partial charge in [-0.3, -0.25) is 29.1 Å². The molecule has 2 atom stereocenters. The van der Waals surface area contributed by atoms with Gasteiger partial charge in [0.1, 0.15) is 18.6 Å². The van der Waals surface area contributed by atoms with Gasteiger partial charge in [-0.15, -0.1) is 0 Å². The van der Waals surface area contributed by atoms with Crippen molar-refractivity contribution in [3.05, 3.63) is 0 Å². The fourth-order valence-electron chi connectivity index (χ4n) is 3.15. The summed E-state index contributed by atoms with van der Waals surface area (Å²) in [6, 6.07) is -2.91. The van der Waals surface area contributed by atoms with Gasteiger partial charge in [-0.1, -0.05) is 12.8 Å². The maximum Gasteiger partial charge on any atom is 0.325 e. The summed E-state index contributed by atoms with van der Waals surface area (Å²) in [5, 5.41) is 16.4. The highest BCUT2D eigenvalue weighted by molar-refractivity contribution is 6.06. The zero-order valence-corrected chi connectivity index (χ0v) is 18.5. The van der Waals surface area contributed by atoms with E-state index in [9.17, 15) is 24.0 Å². The Bertz CT molecular complexity index is 740. The average molecular weight is 471 g/mol. The molecule has 0 spiro atoms. The lowest BCUT2D eigenvalue weighted by molar-refractivity contribution is -0.141. The number of aliphatic imine (C=N–C) groups is 1. The Kier molecular flexibility index (Phi) is 12.2. The number of nitrogens with zero attached hydrogens (tertiary/aromatic N) is 2. The van der Waals surface area contributed by atoms with Crippen LogP contribution in [0.4, 0.5) is 4.79 Å². The van der Waals surface area contributed by atoms with Gasteiger partial charge in [-0.25, -0.2) is 4.79 Å². The molecule has 0 aromatic rings. The molecule has 1 aliphatic heterocycles. The number of carboxylic acid groups (broad SMARTS) is 1. The van der Waals surface area contributed by atoms with Crippen molar-refractivity contribution in [1.29, 1.82) is 0 Å². The van der Waals surface area contributed by atoms with Gasteiger partial charge in [-0.05, 0) is 32.2 Å². The summed E-state index contributed by atoms with van der Waals surface area (Å²) in [7, 11) is 0. The number of unbranched alkanes of at least 4 members (excludes halogenated alkanes) is 3. The molecule has 0 unspecified atom stereocenters. The summed E-state index contributed by atoms with van der Waals surface area (Å²) >= 11 is 0. The van der Waals surface area contributed by atoms with Crippen LogP contribution in [0.15, 0.2) is 4.99 Å². The lowest BCUT2D eigenvalue weighted by Gasteiger charge is -2.19. The monoisotopic (exact) mass is 470 g/mol. The largest absolute Gasteiger partial charge is 0.481 e. The SMILES string of the molecule is NCCCCCCNC(=O)[C@H](CC(=O)O)NC(=O)CN1C(=O)N[C@@H](CCCN=C(N)N)C1=O. The summed E-state index contributed by atoms with van der Waals surface area (Å²) in [6.07, 6.45) is 3.41. The normalized spacial score (nSPS) is 16.2. The molecule has 186 valence electrons. The zero-order valence-electron chi connectivity index (χ0n) is 18.5. The third kappa shape index (κ3) is 10.6. The Balaban J connectivity index is 2.55. The molecule has 14 heteroatoms. The third-order valence-corrected chi connectivity index (χ3v) is 4.81. The van der Waals surface area contributed by atoms with E-state index in [0.717, 1.165) is 19.3 Å². The second-order valence-corrected chi connectivity index (χ2v) is 7.59. The Morgan fingerprint density at radius 3 is 2.45 bits per heavy atom. The van der Waals surface area contributed by atoms with Gasteiger partial charge in [0.25, 0.3) is 5.91 Å². The first kappa shape index (κ1) is 27.6. The van der Waals surface area contributed by atoms with Crippen molar-refractivity contribution in [2.45, 2.75) is 57.0 Å². The molecule has 0 bridgehead atoms. The number of urea groups is 1. The lowest BCUT2D eigenvalue weighted by atomic mass is 10.1. The molecule has 0 saturated carbocycles. The third-order valence-electron chi connectivity index (χ3n) is 4.81. The van der Waals surface area contributed by atoms with Gasteiger partial charge in [0, 0.05) is 13.1 Å². The van der Waals surface area contributed by atoms with Crippen LogP contribution < -0.4 is 33.2 Å². The topological polar surface area (TPSA) is 235 Å². The number of hydrogen-bond donors (Lipinski definition) is 7. The molecular weight excluding hydrogens is 436 g/mol. The number of carbonyl (C=O) groups is 5. The van der Waals surface area contributed by atoms with Crippen molar-refractivity contribution >= 4 is 35.7 Å². The molecule has 5 amide bonds. The first-order valence-electron chi connectivity index (χ1n) is 10.8. The van der Waals surface area contributed by atoms with Gasteiger partial charge in [-0.2, -0.15) is 0 Å². The fourth-order valence-corrected chi connectivity index (χ4v) is 3.15. The van der Waals surface area contributed by atoms with Crippen molar-refractivity contribution in [2.24, 2.45) is 22.2 Å². The average Bonchev–Trinajstić information content (AvgIpc) is 3.00. The maximum absolute atomic E-state index is 12.4. The van der Waals surface area contributed by atoms with Gasteiger partial charge in [0.15, 0.2) is 5.96 Å². The smallest absolute Gasteiger partial charge is 0.325 e. The summed E-state index contributed by atoms with van der Waals surface area (Å²) in [5.41, 5.74) is 15.9. The number of amides is 5. The van der Waals surface area contributed by atoms with Crippen LogP contribution in [0, 0.1) is 0 Å². The molecule has 0 aromatic carbocycles. The standard InChI is InChI=1S/C19H34N8O6/c20-7-3-1-2-4-8-23-16(31)13(10-15(29)30)25-14(28)11-27-17(32)12(26-19(27)33)6-5-9-24-18(21)22/h12-13H,1-11,20H2,(H,23,31)(H,25,28)(H,26,33)(H,29,30)(H4,21,22,24)/t12-,13-/m0/s1. The van der Waals surface area contributed by atoms with E-state index in [1.165, 1.54) is 0 Å². The van der Waals surface area contributed by atoms with Gasteiger partial charge >= 0.3 is 12.0 Å². The van der Waals surface area contributed by atoms with Crippen LogP contribution in [0.3, 0.4) is 0 Å². The number of carboxylic acids is 1. The van der Waals surface area contributed by atoms with Crippen molar-refractivity contribution in [1.82, 2.24) is 20.9 Å². The van der Waals surface area contributed by atoms with Crippen LogP contribution in [0.2, 0.25) is 0 Å². The van der Waals surface area contributed by atoms with Crippen molar-refractivity contribution < 1.29 is 29.1 Å². The highest BCUT2D eigenvalue weighted by Gasteiger charge is 2.39. The van der Waals surface area contributed by atoms with Crippen LogP contribution in [0.1, 0.15) is 44.9 Å². The number of nitrogens with two attached hydrogens (primary N) is 3. The molecule has 10 N–H and O–H groups in total. The minimum Gasteiger partial charge on any atom is -0.481 e. The summed E-state index contributed by atoms with van der Waals surface area (Å²) in [4.78, 5) is 64.8. The van der Waals surface area contributed by atoms with Crippen LogP contribution in [-0.4, -0.2) is 84.0 Å². The second-order valence-electron chi connectivity index (χ2n) is 7.59. The first-order chi connectivity index (χ1) is 15.6. The lowest BCUT2D eigenvalue weighted by Crippen LogP contribution is -2.51. The number of hydrogen-bond acceptors (Lipinski definition) is 7. The van der Waals surface area contributed by atoms with E-state index in [2.05, 4.69) is 20.9 Å². The van der Waals surface area contributed by atoms with Crippen molar-refractivity contribution in [3.8, 4) is 0 Å². The van der Waals surface area contributed by atoms with E-state index < -0.39 is 54.8 Å². The van der Waals surface area contributed by atoms with E-state index in [1.54, 1.807) is 0 Å². The summed E-state index contributed by atoms with van der Waals surface area (Å²) in [6.45, 7) is 0.554. The van der Waals surface area contributed by atoms with Gasteiger partial charge < -0.3 is 38.3 Å². The van der Waals surface area contributed by atoms with Gasteiger partial charge in [0.05, 0.1) is 6.42 Å². The quantitative estimate of drug-likeness (QED) is 0.0548. The van der Waals surface area contributed by atoms with Gasteiger partial charge in [0.2, 0.25) is 11.8 Å². The van der Waals surface area contributed by atoms with E-state index in [0.29, 0.717) is 30.8 Å². The molecule has 1 heterocycles. The fraction of sp³-hybridized carbons (Fsp3) is 0.684. The van der Waals surface area contributed by atoms with Crippen molar-refractivity contribution in [2.75, 3.05) is 26.2 Å². The van der Waals surface area contributed by atoms with E-state index in [1.807, 2.05) is 0 Å². The molecule has 1 rings (SSSR count). The van der Waals surface area contributed by atoms with E-state index >= 15 is 0 Å². The zero-order chi connectivity index (χ0) is 24.8.